The number of rotatable bonds is 9. The smallest absolute Gasteiger partial charge is 0.191 e. The van der Waals surface area contributed by atoms with Crippen LogP contribution in [0.3, 0.4) is 0 Å². The highest BCUT2D eigenvalue weighted by Gasteiger charge is 2.26. The minimum Gasteiger partial charge on any atom is -0.496 e. The fourth-order valence-electron chi connectivity index (χ4n) is 3.78. The van der Waals surface area contributed by atoms with E-state index < -0.39 is 0 Å². The third-order valence-corrected chi connectivity index (χ3v) is 5.30. The highest BCUT2D eigenvalue weighted by Crippen LogP contribution is 2.31. The third kappa shape index (κ3) is 5.47. The monoisotopic (exact) mass is 399 g/mol. The number of benzene rings is 1. The summed E-state index contributed by atoms with van der Waals surface area (Å²) in [5.74, 6) is 2.59. The maximum Gasteiger partial charge on any atom is 0.191 e. The van der Waals surface area contributed by atoms with Crippen LogP contribution in [-0.4, -0.2) is 58.9 Å². The zero-order valence-corrected chi connectivity index (χ0v) is 17.8. The topological polar surface area (TPSA) is 79.6 Å². The Morgan fingerprint density at radius 1 is 1.21 bits per heavy atom. The van der Waals surface area contributed by atoms with Crippen LogP contribution in [0.25, 0.3) is 0 Å². The summed E-state index contributed by atoms with van der Waals surface area (Å²) in [6.07, 6.45) is 4.23. The van der Waals surface area contributed by atoms with Gasteiger partial charge in [-0.2, -0.15) is 0 Å². The zero-order valence-electron chi connectivity index (χ0n) is 17.8. The second-order valence-corrected chi connectivity index (χ2v) is 7.11. The number of hydrogen-bond donors (Lipinski definition) is 2. The molecule has 8 heteroatoms. The van der Waals surface area contributed by atoms with E-state index in [-0.39, 0.29) is 6.04 Å². The molecule has 2 aromatic rings. The van der Waals surface area contributed by atoms with E-state index in [1.165, 1.54) is 18.4 Å². The van der Waals surface area contributed by atoms with E-state index in [1.54, 1.807) is 13.4 Å². The van der Waals surface area contributed by atoms with Crippen LogP contribution in [0.5, 0.6) is 5.75 Å². The molecule has 1 aliphatic heterocycles. The fraction of sp³-hybridized carbons (Fsp3) is 0.571. The van der Waals surface area contributed by atoms with Crippen LogP contribution in [0.15, 0.2) is 35.6 Å². The predicted octanol–water partition coefficient (Wildman–Crippen LogP) is 2.20. The molecule has 2 N–H and O–H groups in total. The maximum absolute atomic E-state index is 5.64. The molecule has 1 saturated heterocycles. The first-order valence-corrected chi connectivity index (χ1v) is 10.5. The molecule has 0 saturated carbocycles. The van der Waals surface area contributed by atoms with Crippen molar-refractivity contribution in [2.45, 2.75) is 45.8 Å². The summed E-state index contributed by atoms with van der Waals surface area (Å²) in [7, 11) is 1.74. The van der Waals surface area contributed by atoms with Crippen LogP contribution in [0.4, 0.5) is 0 Å². The lowest BCUT2D eigenvalue weighted by atomic mass is 10.0. The second kappa shape index (κ2) is 10.8. The maximum atomic E-state index is 5.64. The number of nitrogens with one attached hydrogen (secondary N) is 2. The molecule has 158 valence electrons. The van der Waals surface area contributed by atoms with E-state index in [1.807, 2.05) is 16.7 Å². The number of likely N-dealkylation sites (tertiary alicyclic amines) is 1. The van der Waals surface area contributed by atoms with Crippen molar-refractivity contribution < 1.29 is 4.74 Å². The zero-order chi connectivity index (χ0) is 20.5. The number of hydrogen-bond acceptors (Lipinski definition) is 5. The Kier molecular flexibility index (Phi) is 7.86. The summed E-state index contributed by atoms with van der Waals surface area (Å²) in [4.78, 5) is 7.25. The van der Waals surface area contributed by atoms with Crippen LogP contribution in [0.2, 0.25) is 0 Å². The van der Waals surface area contributed by atoms with Gasteiger partial charge in [-0.15, -0.1) is 10.2 Å². The first kappa shape index (κ1) is 21.1. The van der Waals surface area contributed by atoms with E-state index >= 15 is 0 Å². The third-order valence-electron chi connectivity index (χ3n) is 5.30. The predicted molar refractivity (Wildman–Crippen MR) is 115 cm³/mol. The Hall–Kier alpha value is -2.61. The Labute approximate surface area is 173 Å². The van der Waals surface area contributed by atoms with Gasteiger partial charge in [-0.25, -0.2) is 4.99 Å². The molecule has 0 spiro atoms. The van der Waals surface area contributed by atoms with Crippen LogP contribution in [0.1, 0.15) is 44.1 Å². The Morgan fingerprint density at radius 3 is 2.72 bits per heavy atom. The van der Waals surface area contributed by atoms with Crippen molar-refractivity contribution in [2.75, 3.05) is 33.3 Å². The van der Waals surface area contributed by atoms with Crippen molar-refractivity contribution >= 4 is 5.96 Å². The summed E-state index contributed by atoms with van der Waals surface area (Å²) >= 11 is 0. The highest BCUT2D eigenvalue weighted by molar-refractivity contribution is 5.79. The number of methoxy groups -OCH3 is 1. The molecule has 0 radical (unpaired) electrons. The molecule has 1 fully saturated rings. The van der Waals surface area contributed by atoms with Crippen molar-refractivity contribution in [2.24, 2.45) is 4.99 Å². The van der Waals surface area contributed by atoms with Crippen molar-refractivity contribution in [3.05, 3.63) is 42.0 Å². The SMILES string of the molecule is CCNC(=NCc1nncn1CC)NCC(c1ccccc1OC)N1CCCC1. The van der Waals surface area contributed by atoms with Gasteiger partial charge in [0.1, 0.15) is 18.6 Å². The lowest BCUT2D eigenvalue weighted by Crippen LogP contribution is -2.42. The number of aliphatic imine (C=N–C) groups is 1. The molecule has 1 unspecified atom stereocenters. The van der Waals surface area contributed by atoms with Gasteiger partial charge in [0.2, 0.25) is 0 Å². The number of nitrogens with zero attached hydrogens (tertiary/aromatic N) is 5. The molecule has 29 heavy (non-hydrogen) atoms. The van der Waals surface area contributed by atoms with Crippen LogP contribution >= 0.6 is 0 Å². The van der Waals surface area contributed by atoms with Gasteiger partial charge in [-0.3, -0.25) is 4.90 Å². The molecule has 0 bridgehead atoms. The van der Waals surface area contributed by atoms with E-state index in [2.05, 4.69) is 51.7 Å². The van der Waals surface area contributed by atoms with Crippen LogP contribution in [0, 0.1) is 0 Å². The number of aromatic nitrogens is 3. The first-order chi connectivity index (χ1) is 14.3. The van der Waals surface area contributed by atoms with E-state index in [9.17, 15) is 0 Å². The second-order valence-electron chi connectivity index (χ2n) is 7.11. The lowest BCUT2D eigenvalue weighted by Gasteiger charge is -2.30. The van der Waals surface area contributed by atoms with Crippen molar-refractivity contribution in [1.29, 1.82) is 0 Å². The average molecular weight is 400 g/mol. The Morgan fingerprint density at radius 2 is 2.00 bits per heavy atom. The number of para-hydroxylation sites is 1. The minimum absolute atomic E-state index is 0.233. The summed E-state index contributed by atoms with van der Waals surface area (Å²) in [5.41, 5.74) is 1.21. The summed E-state index contributed by atoms with van der Waals surface area (Å²) in [6, 6.07) is 8.54. The quantitative estimate of drug-likeness (QED) is 0.497. The fourth-order valence-corrected chi connectivity index (χ4v) is 3.78. The largest absolute Gasteiger partial charge is 0.496 e. The molecule has 2 heterocycles. The molecule has 1 aromatic heterocycles. The van der Waals surface area contributed by atoms with Gasteiger partial charge in [0.25, 0.3) is 0 Å². The molecule has 3 rings (SSSR count). The Bertz CT molecular complexity index is 783. The summed E-state index contributed by atoms with van der Waals surface area (Å²) < 4.78 is 7.65. The van der Waals surface area contributed by atoms with Gasteiger partial charge in [-0.1, -0.05) is 18.2 Å². The molecule has 1 aromatic carbocycles. The molecular weight excluding hydrogens is 366 g/mol. The molecule has 8 nitrogen and oxygen atoms in total. The highest BCUT2D eigenvalue weighted by atomic mass is 16.5. The number of ether oxygens (including phenoxy) is 1. The number of aryl methyl sites for hydroxylation is 1. The van der Waals surface area contributed by atoms with Gasteiger partial charge in [0.15, 0.2) is 11.8 Å². The molecule has 0 aliphatic carbocycles. The summed E-state index contributed by atoms with van der Waals surface area (Å²) in [5, 5.41) is 15.0. The molecule has 1 atom stereocenters. The van der Waals surface area contributed by atoms with Crippen molar-refractivity contribution in [1.82, 2.24) is 30.3 Å². The van der Waals surface area contributed by atoms with Gasteiger partial charge >= 0.3 is 0 Å². The van der Waals surface area contributed by atoms with E-state index in [4.69, 9.17) is 9.73 Å². The molecule has 1 aliphatic rings. The van der Waals surface area contributed by atoms with Crippen molar-refractivity contribution in [3.63, 3.8) is 0 Å². The average Bonchev–Trinajstić information content (AvgIpc) is 3.44. The van der Waals surface area contributed by atoms with Gasteiger partial charge < -0.3 is 19.9 Å². The molecule has 0 amide bonds. The first-order valence-electron chi connectivity index (χ1n) is 10.5. The van der Waals surface area contributed by atoms with Gasteiger partial charge in [0.05, 0.1) is 13.2 Å². The van der Waals surface area contributed by atoms with Crippen LogP contribution < -0.4 is 15.4 Å². The standard InChI is InChI=1S/C21H33N7O/c1-4-22-21(24-15-20-26-25-16-27(20)5-2)23-14-18(28-12-8-9-13-28)17-10-6-7-11-19(17)29-3/h6-7,10-11,16,18H,4-5,8-9,12-15H2,1-3H3,(H2,22,23,24). The van der Waals surface area contributed by atoms with E-state index in [0.717, 1.165) is 50.3 Å². The van der Waals surface area contributed by atoms with Gasteiger partial charge in [-0.05, 0) is 45.8 Å². The lowest BCUT2D eigenvalue weighted by molar-refractivity contribution is 0.239. The Balaban J connectivity index is 1.74. The minimum atomic E-state index is 0.233. The molecular formula is C21H33N7O. The van der Waals surface area contributed by atoms with Crippen LogP contribution in [-0.2, 0) is 13.1 Å². The van der Waals surface area contributed by atoms with Crippen molar-refractivity contribution in [3.8, 4) is 5.75 Å². The van der Waals surface area contributed by atoms with Gasteiger partial charge in [0, 0.05) is 25.2 Å². The summed E-state index contributed by atoms with van der Waals surface area (Å²) in [6.45, 7) is 9.26. The van der Waals surface area contributed by atoms with E-state index in [0.29, 0.717) is 6.54 Å². The number of guanidine groups is 1. The normalized spacial score (nSPS) is 16.0.